The average molecular weight is 284 g/mol. The SMILES string of the molecule is [CH2][C@@H]1CCCN(c2c(N)cc3c(c2C#N)OC(C)(C)C3)C1. The Kier molecular flexibility index (Phi) is 3.24. The van der Waals surface area contributed by atoms with Gasteiger partial charge in [-0.3, -0.25) is 0 Å². The Hall–Kier alpha value is -1.89. The van der Waals surface area contributed by atoms with Crippen molar-refractivity contribution in [3.8, 4) is 11.8 Å². The first-order valence-electron chi connectivity index (χ1n) is 7.54. The van der Waals surface area contributed by atoms with E-state index in [1.54, 1.807) is 0 Å². The van der Waals surface area contributed by atoms with E-state index in [1.165, 1.54) is 0 Å². The molecule has 1 saturated heterocycles. The first-order chi connectivity index (χ1) is 9.91. The first kappa shape index (κ1) is 14.1. The number of ether oxygens (including phenoxy) is 1. The fraction of sp³-hybridized carbons (Fsp3) is 0.529. The van der Waals surface area contributed by atoms with Crippen LogP contribution in [0.1, 0.15) is 37.8 Å². The van der Waals surface area contributed by atoms with Gasteiger partial charge in [-0.05, 0) is 45.6 Å². The Morgan fingerprint density at radius 2 is 2.29 bits per heavy atom. The van der Waals surface area contributed by atoms with Crippen molar-refractivity contribution in [1.29, 1.82) is 5.26 Å². The standard InChI is InChI=1S/C17H22N3O/c1-11-5-4-6-20(10-11)15-13(9-18)16-12(7-14(15)19)8-17(2,3)21-16/h7,11H,1,4-6,8,10,19H2,2-3H3/t11-/m1/s1. The molecule has 0 bridgehead atoms. The van der Waals surface area contributed by atoms with Crippen LogP contribution in [0.15, 0.2) is 6.07 Å². The van der Waals surface area contributed by atoms with Crippen molar-refractivity contribution >= 4 is 11.4 Å². The maximum absolute atomic E-state index is 9.65. The highest BCUT2D eigenvalue weighted by molar-refractivity contribution is 5.80. The summed E-state index contributed by atoms with van der Waals surface area (Å²) in [5, 5.41) is 9.65. The van der Waals surface area contributed by atoms with Crippen LogP contribution < -0.4 is 15.4 Å². The molecule has 2 heterocycles. The normalized spacial score (nSPS) is 23.3. The quantitative estimate of drug-likeness (QED) is 0.805. The molecule has 2 aliphatic rings. The largest absolute Gasteiger partial charge is 0.486 e. The number of nitrogens with zero attached hydrogens (tertiary/aromatic N) is 2. The summed E-state index contributed by atoms with van der Waals surface area (Å²) >= 11 is 0. The predicted molar refractivity (Wildman–Crippen MR) is 84.3 cm³/mol. The summed E-state index contributed by atoms with van der Waals surface area (Å²) in [4.78, 5) is 2.20. The molecule has 0 unspecified atom stereocenters. The van der Waals surface area contributed by atoms with E-state index in [0.29, 0.717) is 17.2 Å². The van der Waals surface area contributed by atoms with Gasteiger partial charge >= 0.3 is 0 Å². The van der Waals surface area contributed by atoms with Crippen molar-refractivity contribution < 1.29 is 4.74 Å². The molecule has 1 atom stereocenters. The minimum atomic E-state index is -0.268. The number of fused-ring (bicyclic) bond motifs is 1. The van der Waals surface area contributed by atoms with E-state index >= 15 is 0 Å². The third-order valence-corrected chi connectivity index (χ3v) is 4.30. The predicted octanol–water partition coefficient (Wildman–Crippen LogP) is 2.90. The number of piperidine rings is 1. The van der Waals surface area contributed by atoms with Gasteiger partial charge in [0.25, 0.3) is 0 Å². The van der Waals surface area contributed by atoms with E-state index in [9.17, 15) is 5.26 Å². The summed E-state index contributed by atoms with van der Waals surface area (Å²) in [6, 6.07) is 4.30. The Morgan fingerprint density at radius 3 is 2.95 bits per heavy atom. The highest BCUT2D eigenvalue weighted by atomic mass is 16.5. The number of nitrogen functional groups attached to an aromatic ring is 1. The van der Waals surface area contributed by atoms with Gasteiger partial charge in [-0.2, -0.15) is 5.26 Å². The second-order valence-electron chi connectivity index (χ2n) is 6.78. The Morgan fingerprint density at radius 1 is 1.52 bits per heavy atom. The number of hydrogen-bond acceptors (Lipinski definition) is 4. The van der Waals surface area contributed by atoms with Gasteiger partial charge in [-0.15, -0.1) is 0 Å². The lowest BCUT2D eigenvalue weighted by Gasteiger charge is -2.34. The second-order valence-corrected chi connectivity index (χ2v) is 6.78. The van der Waals surface area contributed by atoms with Crippen molar-refractivity contribution in [2.75, 3.05) is 23.7 Å². The summed E-state index contributed by atoms with van der Waals surface area (Å²) in [7, 11) is 0. The molecule has 2 N–H and O–H groups in total. The average Bonchev–Trinajstić information content (AvgIpc) is 2.70. The van der Waals surface area contributed by atoms with Gasteiger partial charge in [0.15, 0.2) is 0 Å². The maximum atomic E-state index is 9.65. The van der Waals surface area contributed by atoms with E-state index in [0.717, 1.165) is 49.4 Å². The van der Waals surface area contributed by atoms with E-state index in [-0.39, 0.29) is 5.60 Å². The van der Waals surface area contributed by atoms with Gasteiger partial charge in [0.2, 0.25) is 0 Å². The van der Waals surface area contributed by atoms with Gasteiger partial charge in [0.1, 0.15) is 23.0 Å². The Labute approximate surface area is 126 Å². The topological polar surface area (TPSA) is 62.3 Å². The van der Waals surface area contributed by atoms with Crippen molar-refractivity contribution in [3.05, 3.63) is 24.1 Å². The van der Waals surface area contributed by atoms with Gasteiger partial charge in [-0.25, -0.2) is 0 Å². The molecule has 0 amide bonds. The van der Waals surface area contributed by atoms with Crippen LogP contribution in [-0.2, 0) is 6.42 Å². The Bertz CT molecular complexity index is 615. The molecule has 1 aromatic rings. The third kappa shape index (κ3) is 2.42. The summed E-state index contributed by atoms with van der Waals surface area (Å²) in [6.07, 6.45) is 3.01. The molecule has 21 heavy (non-hydrogen) atoms. The number of hydrogen-bond donors (Lipinski definition) is 1. The molecule has 0 aromatic heterocycles. The van der Waals surface area contributed by atoms with Crippen molar-refractivity contribution in [2.24, 2.45) is 5.92 Å². The van der Waals surface area contributed by atoms with Crippen LogP contribution in [0.5, 0.6) is 5.75 Å². The first-order valence-corrected chi connectivity index (χ1v) is 7.54. The van der Waals surface area contributed by atoms with Crippen LogP contribution in [0.3, 0.4) is 0 Å². The molecule has 3 rings (SSSR count). The van der Waals surface area contributed by atoms with Crippen LogP contribution in [-0.4, -0.2) is 18.7 Å². The molecule has 1 radical (unpaired) electrons. The molecule has 0 aliphatic carbocycles. The lowest BCUT2D eigenvalue weighted by Crippen LogP contribution is -2.35. The fourth-order valence-corrected chi connectivity index (χ4v) is 3.47. The summed E-state index contributed by atoms with van der Waals surface area (Å²) < 4.78 is 6.01. The smallest absolute Gasteiger partial charge is 0.143 e. The lowest BCUT2D eigenvalue weighted by molar-refractivity contribution is 0.138. The summed E-state index contributed by atoms with van der Waals surface area (Å²) in [5.41, 5.74) is 9.14. The molecule has 4 heteroatoms. The highest BCUT2D eigenvalue weighted by Crippen LogP contribution is 2.45. The van der Waals surface area contributed by atoms with E-state index in [4.69, 9.17) is 10.5 Å². The van der Waals surface area contributed by atoms with E-state index < -0.39 is 0 Å². The third-order valence-electron chi connectivity index (χ3n) is 4.30. The van der Waals surface area contributed by atoms with Crippen molar-refractivity contribution in [1.82, 2.24) is 0 Å². The zero-order valence-electron chi connectivity index (χ0n) is 12.8. The molecule has 4 nitrogen and oxygen atoms in total. The second kappa shape index (κ2) is 4.84. The number of nitrogens with two attached hydrogens (primary N) is 1. The molecule has 1 fully saturated rings. The van der Waals surface area contributed by atoms with Crippen molar-refractivity contribution in [2.45, 2.75) is 38.7 Å². The van der Waals surface area contributed by atoms with E-state index in [1.807, 2.05) is 19.9 Å². The molecule has 2 aliphatic heterocycles. The van der Waals surface area contributed by atoms with Crippen molar-refractivity contribution in [3.63, 3.8) is 0 Å². The highest BCUT2D eigenvalue weighted by Gasteiger charge is 2.35. The van der Waals surface area contributed by atoms with Gasteiger partial charge < -0.3 is 15.4 Å². The number of anilines is 2. The van der Waals surface area contributed by atoms with E-state index in [2.05, 4.69) is 17.9 Å². The number of rotatable bonds is 1. The molecule has 1 aromatic carbocycles. The minimum absolute atomic E-state index is 0.268. The molecular weight excluding hydrogens is 262 g/mol. The van der Waals surface area contributed by atoms with Crippen LogP contribution in [0, 0.1) is 24.2 Å². The monoisotopic (exact) mass is 284 g/mol. The maximum Gasteiger partial charge on any atom is 0.143 e. The molecule has 111 valence electrons. The molecule has 0 spiro atoms. The fourth-order valence-electron chi connectivity index (χ4n) is 3.47. The minimum Gasteiger partial charge on any atom is -0.486 e. The zero-order valence-corrected chi connectivity index (χ0v) is 12.8. The van der Waals surface area contributed by atoms with Gasteiger partial charge in [0.05, 0.1) is 11.4 Å². The lowest BCUT2D eigenvalue weighted by atomic mass is 9.96. The number of benzene rings is 1. The Balaban J connectivity index is 2.08. The van der Waals surface area contributed by atoms with Crippen LogP contribution in [0.2, 0.25) is 0 Å². The van der Waals surface area contributed by atoms with Gasteiger partial charge in [-0.1, -0.05) is 0 Å². The van der Waals surface area contributed by atoms with Gasteiger partial charge in [0, 0.05) is 25.1 Å². The van der Waals surface area contributed by atoms with Crippen LogP contribution >= 0.6 is 0 Å². The summed E-state index contributed by atoms with van der Waals surface area (Å²) in [5.74, 6) is 1.10. The summed E-state index contributed by atoms with van der Waals surface area (Å²) in [6.45, 7) is 10.0. The van der Waals surface area contributed by atoms with Crippen LogP contribution in [0.4, 0.5) is 11.4 Å². The number of nitriles is 1. The van der Waals surface area contributed by atoms with Crippen LogP contribution in [0.25, 0.3) is 0 Å². The molecule has 0 saturated carbocycles. The zero-order chi connectivity index (χ0) is 15.2. The molecular formula is C17H22N3O.